The summed E-state index contributed by atoms with van der Waals surface area (Å²) >= 11 is 0. The topological polar surface area (TPSA) is 84.3 Å². The number of halogens is 2. The summed E-state index contributed by atoms with van der Waals surface area (Å²) in [5.74, 6) is -2.14. The Morgan fingerprint density at radius 3 is 2.47 bits per heavy atom. The Morgan fingerprint density at radius 1 is 1.09 bits per heavy atom. The number of methoxy groups -OCH3 is 1. The van der Waals surface area contributed by atoms with Gasteiger partial charge in [0.2, 0.25) is 15.9 Å². The van der Waals surface area contributed by atoms with Gasteiger partial charge in [0.25, 0.3) is 5.92 Å². The van der Waals surface area contributed by atoms with Crippen molar-refractivity contribution < 1.29 is 31.5 Å². The lowest BCUT2D eigenvalue weighted by molar-refractivity contribution is -0.138. The Hall–Kier alpha value is -2.54. The minimum Gasteiger partial charge on any atom is -0.497 e. The summed E-state index contributed by atoms with van der Waals surface area (Å²) in [5, 5.41) is 0. The van der Waals surface area contributed by atoms with Crippen LogP contribution >= 0.6 is 0 Å². The number of aryl methyl sites for hydroxylation is 2. The summed E-state index contributed by atoms with van der Waals surface area (Å²) in [4.78, 5) is 17.4. The molecule has 238 valence electrons. The highest BCUT2D eigenvalue weighted by Crippen LogP contribution is 2.36. The number of amides is 1. The van der Waals surface area contributed by atoms with Crippen LogP contribution in [0.15, 0.2) is 35.4 Å². The van der Waals surface area contributed by atoms with Crippen LogP contribution in [0, 0.1) is 13.8 Å². The van der Waals surface area contributed by atoms with Crippen LogP contribution in [-0.4, -0.2) is 98.0 Å². The van der Waals surface area contributed by atoms with Gasteiger partial charge >= 0.3 is 0 Å². The predicted octanol–water partition coefficient (Wildman–Crippen LogP) is 4.38. The summed E-state index contributed by atoms with van der Waals surface area (Å²) in [7, 11) is -0.557. The third-order valence-electron chi connectivity index (χ3n) is 9.46. The third-order valence-corrected chi connectivity index (χ3v) is 11.7. The van der Waals surface area contributed by atoms with Gasteiger partial charge in [0, 0.05) is 70.0 Å². The molecule has 1 saturated carbocycles. The number of piperidine rings is 1. The van der Waals surface area contributed by atoms with Gasteiger partial charge in [-0.2, -0.15) is 4.31 Å². The molecular formula is C31H44F2N4O5S. The highest BCUT2D eigenvalue weighted by atomic mass is 32.2. The second kappa shape index (κ2) is 12.8. The molecule has 5 rings (SSSR count). The van der Waals surface area contributed by atoms with E-state index >= 15 is 0 Å². The van der Waals surface area contributed by atoms with Gasteiger partial charge < -0.3 is 18.9 Å². The van der Waals surface area contributed by atoms with E-state index in [9.17, 15) is 22.0 Å². The van der Waals surface area contributed by atoms with Gasteiger partial charge in [0.05, 0.1) is 24.7 Å². The normalized spacial score (nSPS) is 24.8. The first kappa shape index (κ1) is 31.9. The molecule has 2 aliphatic heterocycles. The standard InChI is InChI=1S/C31H44F2N4O5S/c1-22-17-26(41-4)18-23(2)30(22)43(39,40)37-16-15-36-12-6-9-27(36)28(37)20-42-21-29(38)34(3)24-7-5-8-25(19-24)35-13-10-31(32,33)11-14-35/h6,9,12,17-18,24-25,28H,5,7-8,10-11,13-16,19-21H2,1-4H3/t24-,25+,28?/m1/s1. The zero-order valence-electron chi connectivity index (χ0n) is 25.6. The van der Waals surface area contributed by atoms with E-state index in [0.29, 0.717) is 36.5 Å². The molecule has 3 atom stereocenters. The van der Waals surface area contributed by atoms with E-state index < -0.39 is 22.0 Å². The molecular weight excluding hydrogens is 578 g/mol. The van der Waals surface area contributed by atoms with Crippen molar-refractivity contribution >= 4 is 15.9 Å². The molecule has 43 heavy (non-hydrogen) atoms. The van der Waals surface area contributed by atoms with Gasteiger partial charge in [0.1, 0.15) is 12.4 Å². The molecule has 0 spiro atoms. The molecule has 1 amide bonds. The maximum absolute atomic E-state index is 14.1. The number of sulfonamides is 1. The lowest BCUT2D eigenvalue weighted by atomic mass is 9.88. The van der Waals surface area contributed by atoms with Crippen molar-refractivity contribution in [3.8, 4) is 5.75 Å². The van der Waals surface area contributed by atoms with Crippen LogP contribution in [0.5, 0.6) is 5.75 Å². The molecule has 1 saturated heterocycles. The molecule has 1 aromatic carbocycles. The first-order valence-corrected chi connectivity index (χ1v) is 16.6. The van der Waals surface area contributed by atoms with E-state index in [1.165, 1.54) is 4.31 Å². The number of aromatic nitrogens is 1. The Balaban J connectivity index is 1.24. The van der Waals surface area contributed by atoms with Crippen molar-refractivity contribution in [1.29, 1.82) is 0 Å². The Bertz CT molecular complexity index is 1380. The monoisotopic (exact) mass is 622 g/mol. The smallest absolute Gasteiger partial charge is 0.250 e. The van der Waals surface area contributed by atoms with Crippen LogP contribution < -0.4 is 4.74 Å². The predicted molar refractivity (Wildman–Crippen MR) is 159 cm³/mol. The fraction of sp³-hybridized carbons (Fsp3) is 0.645. The van der Waals surface area contributed by atoms with Crippen LogP contribution in [0.4, 0.5) is 8.78 Å². The lowest BCUT2D eigenvalue weighted by Crippen LogP contribution is -2.50. The van der Waals surface area contributed by atoms with Crippen LogP contribution in [0.3, 0.4) is 0 Å². The molecule has 2 aromatic rings. The molecule has 1 aliphatic carbocycles. The number of ether oxygens (including phenoxy) is 2. The van der Waals surface area contributed by atoms with Gasteiger partial charge in [-0.05, 0) is 74.9 Å². The average Bonchev–Trinajstić information content (AvgIpc) is 3.45. The molecule has 3 aliphatic rings. The van der Waals surface area contributed by atoms with Gasteiger partial charge in [-0.15, -0.1) is 0 Å². The first-order valence-electron chi connectivity index (χ1n) is 15.2. The van der Waals surface area contributed by atoms with Crippen molar-refractivity contribution in [1.82, 2.24) is 18.7 Å². The van der Waals surface area contributed by atoms with E-state index in [1.807, 2.05) is 22.9 Å². The largest absolute Gasteiger partial charge is 0.497 e. The second-order valence-corrected chi connectivity index (χ2v) is 14.1. The molecule has 2 fully saturated rings. The first-order chi connectivity index (χ1) is 20.4. The number of benzene rings is 1. The fourth-order valence-corrected chi connectivity index (χ4v) is 9.05. The number of carbonyl (C=O) groups is 1. The van der Waals surface area contributed by atoms with E-state index in [4.69, 9.17) is 9.47 Å². The van der Waals surface area contributed by atoms with Gasteiger partial charge in [-0.3, -0.25) is 9.69 Å². The zero-order valence-corrected chi connectivity index (χ0v) is 26.4. The van der Waals surface area contributed by atoms with Crippen molar-refractivity contribution in [2.24, 2.45) is 0 Å². The van der Waals surface area contributed by atoms with Crippen LogP contribution in [0.1, 0.15) is 61.4 Å². The molecule has 0 bridgehead atoms. The summed E-state index contributed by atoms with van der Waals surface area (Å²) < 4.78 is 70.3. The van der Waals surface area contributed by atoms with E-state index in [1.54, 1.807) is 45.0 Å². The molecule has 0 N–H and O–H groups in total. The number of fused-ring (bicyclic) bond motifs is 1. The minimum absolute atomic E-state index is 0.0158. The third kappa shape index (κ3) is 6.77. The number of rotatable bonds is 9. The quantitative estimate of drug-likeness (QED) is 0.413. The summed E-state index contributed by atoms with van der Waals surface area (Å²) in [6, 6.07) is 6.86. The zero-order chi connectivity index (χ0) is 30.9. The number of hydrogen-bond donors (Lipinski definition) is 0. The van der Waals surface area contributed by atoms with Gasteiger partial charge in [-0.1, -0.05) is 0 Å². The minimum atomic E-state index is -3.89. The second-order valence-electron chi connectivity index (χ2n) is 12.2. The summed E-state index contributed by atoms with van der Waals surface area (Å²) in [5.41, 5.74) is 2.04. The summed E-state index contributed by atoms with van der Waals surface area (Å²) in [6.45, 7) is 4.99. The van der Waals surface area contributed by atoms with Crippen molar-refractivity contribution in [2.75, 3.05) is 47.0 Å². The fourth-order valence-electron chi connectivity index (χ4n) is 7.05. The number of alkyl halides is 2. The van der Waals surface area contributed by atoms with E-state index in [-0.39, 0.29) is 55.5 Å². The maximum Gasteiger partial charge on any atom is 0.250 e. The van der Waals surface area contributed by atoms with Gasteiger partial charge in [0.15, 0.2) is 0 Å². The van der Waals surface area contributed by atoms with Crippen LogP contribution in [0.25, 0.3) is 0 Å². The number of carbonyl (C=O) groups excluding carboxylic acids is 1. The van der Waals surface area contributed by atoms with Crippen molar-refractivity contribution in [3.05, 3.63) is 47.3 Å². The molecule has 3 heterocycles. The Labute approximate surface area is 253 Å². The Morgan fingerprint density at radius 2 is 1.79 bits per heavy atom. The average molecular weight is 623 g/mol. The van der Waals surface area contributed by atoms with Crippen molar-refractivity contribution in [2.45, 2.75) is 87.9 Å². The maximum atomic E-state index is 14.1. The molecule has 1 unspecified atom stereocenters. The summed E-state index contributed by atoms with van der Waals surface area (Å²) in [6.07, 6.45) is 5.24. The van der Waals surface area contributed by atoms with Crippen LogP contribution in [-0.2, 0) is 26.1 Å². The number of likely N-dealkylation sites (N-methyl/N-ethyl adjacent to an activating group) is 1. The van der Waals surface area contributed by atoms with Gasteiger partial charge in [-0.25, -0.2) is 17.2 Å². The molecule has 1 aromatic heterocycles. The SMILES string of the molecule is COc1cc(C)c(S(=O)(=O)N2CCn3cccc3C2COCC(=O)N(C)[C@@H]2CCC[C@H](N3CCC(F)(F)CC3)C2)c(C)c1. The number of hydrogen-bond acceptors (Lipinski definition) is 6. The molecule has 0 radical (unpaired) electrons. The molecule has 12 heteroatoms. The number of likely N-dealkylation sites (tertiary alicyclic amines) is 1. The Kier molecular flexibility index (Phi) is 9.51. The van der Waals surface area contributed by atoms with Crippen molar-refractivity contribution in [3.63, 3.8) is 0 Å². The van der Waals surface area contributed by atoms with E-state index in [2.05, 4.69) is 4.90 Å². The highest BCUT2D eigenvalue weighted by Gasteiger charge is 2.40. The van der Waals surface area contributed by atoms with Crippen LogP contribution in [0.2, 0.25) is 0 Å². The number of nitrogens with zero attached hydrogens (tertiary/aromatic N) is 4. The molecule has 9 nitrogen and oxygen atoms in total. The van der Waals surface area contributed by atoms with E-state index in [0.717, 1.165) is 31.4 Å². The lowest BCUT2D eigenvalue weighted by Gasteiger charge is -2.43. The highest BCUT2D eigenvalue weighted by molar-refractivity contribution is 7.89.